The number of carbonyl (C=O) groups excluding carboxylic acids is 1. The van der Waals surface area contributed by atoms with Crippen LogP contribution in [0.15, 0.2) is 24.3 Å². The van der Waals surface area contributed by atoms with Crippen molar-refractivity contribution in [3.63, 3.8) is 0 Å². The molecule has 134 valence electrons. The highest BCUT2D eigenvalue weighted by Crippen LogP contribution is 2.13. The van der Waals surface area contributed by atoms with Crippen LogP contribution in [0, 0.1) is 0 Å². The van der Waals surface area contributed by atoms with Gasteiger partial charge in [-0.15, -0.1) is 0 Å². The second-order valence-electron chi connectivity index (χ2n) is 5.15. The van der Waals surface area contributed by atoms with E-state index in [1.165, 1.54) is 0 Å². The van der Waals surface area contributed by atoms with Gasteiger partial charge in [-0.25, -0.2) is 9.59 Å². The summed E-state index contributed by atoms with van der Waals surface area (Å²) in [5.74, 6) is -0.594. The van der Waals surface area contributed by atoms with Gasteiger partial charge in [-0.3, -0.25) is 0 Å². The van der Waals surface area contributed by atoms with Gasteiger partial charge in [0.2, 0.25) is 0 Å². The number of amides is 1. The van der Waals surface area contributed by atoms with E-state index < -0.39 is 18.7 Å². The number of nitrogens with zero attached hydrogens (tertiary/aromatic N) is 1. The van der Waals surface area contributed by atoms with Gasteiger partial charge in [0.15, 0.2) is 6.61 Å². The zero-order chi connectivity index (χ0) is 17.8. The lowest BCUT2D eigenvalue weighted by atomic mass is 10.2. The molecular weight excluding hydrogens is 314 g/mol. The number of benzene rings is 1. The van der Waals surface area contributed by atoms with E-state index >= 15 is 0 Å². The van der Waals surface area contributed by atoms with Crippen molar-refractivity contribution < 1.29 is 24.2 Å². The van der Waals surface area contributed by atoms with Crippen LogP contribution < -0.4 is 16.2 Å². The highest BCUT2D eigenvalue weighted by atomic mass is 16.6. The van der Waals surface area contributed by atoms with Crippen LogP contribution in [-0.4, -0.2) is 54.9 Å². The third-order valence-electron chi connectivity index (χ3n) is 3.17. The smallest absolute Gasteiger partial charge is 0.410 e. The first-order chi connectivity index (χ1) is 11.6. The first-order valence-electron chi connectivity index (χ1n) is 7.82. The molecule has 0 fully saturated rings. The summed E-state index contributed by atoms with van der Waals surface area (Å²) in [6, 6.07) is 6.70. The number of aliphatic carboxylic acids is 1. The summed E-state index contributed by atoms with van der Waals surface area (Å²) in [4.78, 5) is 24.1. The molecule has 1 rings (SSSR count). The minimum absolute atomic E-state index is 0.125. The fourth-order valence-corrected chi connectivity index (χ4v) is 1.92. The predicted octanol–water partition coefficient (Wildman–Crippen LogP) is 0.786. The van der Waals surface area contributed by atoms with Gasteiger partial charge in [-0.2, -0.15) is 0 Å². The molecule has 0 spiro atoms. The van der Waals surface area contributed by atoms with Crippen molar-refractivity contribution in [2.24, 2.45) is 11.5 Å². The second kappa shape index (κ2) is 11.3. The Morgan fingerprint density at radius 3 is 2.12 bits per heavy atom. The average molecular weight is 339 g/mol. The molecule has 8 heteroatoms. The van der Waals surface area contributed by atoms with Crippen LogP contribution in [0.5, 0.6) is 5.75 Å². The number of carboxylic acids is 1. The monoisotopic (exact) mass is 339 g/mol. The maximum atomic E-state index is 12.1. The Morgan fingerprint density at radius 1 is 1.04 bits per heavy atom. The van der Waals surface area contributed by atoms with Crippen LogP contribution in [0.3, 0.4) is 0 Å². The summed E-state index contributed by atoms with van der Waals surface area (Å²) < 4.78 is 10.3. The van der Waals surface area contributed by atoms with Crippen molar-refractivity contribution in [2.75, 3.05) is 32.8 Å². The summed E-state index contributed by atoms with van der Waals surface area (Å²) in [6.45, 7) is 1.81. The lowest BCUT2D eigenvalue weighted by Gasteiger charge is -2.21. The molecule has 0 radical (unpaired) electrons. The number of ether oxygens (including phenoxy) is 2. The maximum absolute atomic E-state index is 12.1. The highest BCUT2D eigenvalue weighted by Gasteiger charge is 2.14. The average Bonchev–Trinajstić information content (AvgIpc) is 2.59. The molecule has 0 atom stereocenters. The van der Waals surface area contributed by atoms with Gasteiger partial charge in [0.05, 0.1) is 0 Å². The van der Waals surface area contributed by atoms with Crippen molar-refractivity contribution in [2.45, 2.75) is 19.4 Å². The van der Waals surface area contributed by atoms with Crippen molar-refractivity contribution >= 4 is 12.1 Å². The lowest BCUT2D eigenvalue weighted by molar-refractivity contribution is -0.139. The van der Waals surface area contributed by atoms with Crippen LogP contribution in [0.4, 0.5) is 4.79 Å². The Labute approximate surface area is 141 Å². The Balaban J connectivity index is 2.47. The number of hydrogen-bond donors (Lipinski definition) is 3. The van der Waals surface area contributed by atoms with Crippen LogP contribution in [0.1, 0.15) is 18.4 Å². The van der Waals surface area contributed by atoms with E-state index in [1.54, 1.807) is 29.2 Å². The third kappa shape index (κ3) is 7.80. The van der Waals surface area contributed by atoms with Crippen molar-refractivity contribution in [1.82, 2.24) is 4.90 Å². The Bertz CT molecular complexity index is 499. The Morgan fingerprint density at radius 2 is 1.62 bits per heavy atom. The standard InChI is InChI=1S/C16H25N3O5/c17-7-1-9-19(10-2-8-18)16(22)24-11-13-3-5-14(6-4-13)23-12-15(20)21/h3-6H,1-2,7-12,17-18H2,(H,20,21). The van der Waals surface area contributed by atoms with Crippen molar-refractivity contribution in [3.05, 3.63) is 29.8 Å². The Hall–Kier alpha value is -2.32. The van der Waals surface area contributed by atoms with Crippen molar-refractivity contribution in [3.8, 4) is 5.75 Å². The van der Waals surface area contributed by atoms with E-state index in [-0.39, 0.29) is 6.61 Å². The summed E-state index contributed by atoms with van der Waals surface area (Å²) in [5.41, 5.74) is 11.7. The molecule has 0 saturated carbocycles. The number of carboxylic acid groups (broad SMARTS) is 1. The molecule has 8 nitrogen and oxygen atoms in total. The van der Waals surface area contributed by atoms with Gasteiger partial charge in [-0.05, 0) is 43.6 Å². The van der Waals surface area contributed by atoms with Crippen molar-refractivity contribution in [1.29, 1.82) is 0 Å². The zero-order valence-corrected chi connectivity index (χ0v) is 13.6. The zero-order valence-electron chi connectivity index (χ0n) is 13.6. The van der Waals surface area contributed by atoms with Gasteiger partial charge in [0.1, 0.15) is 12.4 Å². The van der Waals surface area contributed by atoms with Gasteiger partial charge >= 0.3 is 12.1 Å². The summed E-state index contributed by atoms with van der Waals surface area (Å²) in [5, 5.41) is 8.55. The molecule has 0 unspecified atom stereocenters. The van der Waals surface area contributed by atoms with E-state index in [2.05, 4.69) is 0 Å². The van der Waals surface area contributed by atoms with E-state index in [0.29, 0.717) is 44.8 Å². The minimum atomic E-state index is -1.04. The minimum Gasteiger partial charge on any atom is -0.482 e. The van der Waals surface area contributed by atoms with Gasteiger partial charge < -0.3 is 30.9 Å². The van der Waals surface area contributed by atoms with E-state index in [9.17, 15) is 9.59 Å². The second-order valence-corrected chi connectivity index (χ2v) is 5.15. The maximum Gasteiger partial charge on any atom is 0.410 e. The molecule has 0 heterocycles. The molecule has 1 amide bonds. The molecule has 1 aromatic rings. The molecule has 0 aliphatic carbocycles. The number of nitrogens with two attached hydrogens (primary N) is 2. The lowest BCUT2D eigenvalue weighted by Crippen LogP contribution is -2.35. The van der Waals surface area contributed by atoms with Gasteiger partial charge in [-0.1, -0.05) is 12.1 Å². The van der Waals surface area contributed by atoms with Crippen LogP contribution in [-0.2, 0) is 16.1 Å². The van der Waals surface area contributed by atoms with Crippen LogP contribution in [0.2, 0.25) is 0 Å². The molecule has 5 N–H and O–H groups in total. The number of hydrogen-bond acceptors (Lipinski definition) is 6. The van der Waals surface area contributed by atoms with Gasteiger partial charge in [0, 0.05) is 13.1 Å². The third-order valence-corrected chi connectivity index (χ3v) is 3.17. The molecular formula is C16H25N3O5. The SMILES string of the molecule is NCCCN(CCCN)C(=O)OCc1ccc(OCC(=O)O)cc1. The van der Waals surface area contributed by atoms with Crippen LogP contribution in [0.25, 0.3) is 0 Å². The topological polar surface area (TPSA) is 128 Å². The first-order valence-corrected chi connectivity index (χ1v) is 7.82. The molecule has 0 bridgehead atoms. The fourth-order valence-electron chi connectivity index (χ4n) is 1.92. The van der Waals surface area contributed by atoms with Crippen LogP contribution >= 0.6 is 0 Å². The van der Waals surface area contributed by atoms with E-state index in [1.807, 2.05) is 0 Å². The molecule has 1 aromatic carbocycles. The normalized spacial score (nSPS) is 10.2. The quantitative estimate of drug-likeness (QED) is 0.543. The van der Waals surface area contributed by atoms with E-state index in [0.717, 1.165) is 5.56 Å². The number of carbonyl (C=O) groups is 2. The molecule has 0 aromatic heterocycles. The fraction of sp³-hybridized carbons (Fsp3) is 0.500. The molecule has 24 heavy (non-hydrogen) atoms. The summed E-state index contributed by atoms with van der Waals surface area (Å²) >= 11 is 0. The highest BCUT2D eigenvalue weighted by molar-refractivity contribution is 5.68. The first kappa shape index (κ1) is 19.7. The number of rotatable bonds is 11. The molecule has 0 saturated heterocycles. The van der Waals surface area contributed by atoms with E-state index in [4.69, 9.17) is 26.0 Å². The predicted molar refractivity (Wildman–Crippen MR) is 88.7 cm³/mol. The summed E-state index contributed by atoms with van der Waals surface area (Å²) in [7, 11) is 0. The molecule has 0 aliphatic heterocycles. The molecule has 0 aliphatic rings. The Kier molecular flexibility index (Phi) is 9.25. The summed E-state index contributed by atoms with van der Waals surface area (Å²) in [6.07, 6.45) is 1.01. The largest absolute Gasteiger partial charge is 0.482 e. The van der Waals surface area contributed by atoms with Gasteiger partial charge in [0.25, 0.3) is 0 Å².